The fourth-order valence-electron chi connectivity index (χ4n) is 3.25. The first kappa shape index (κ1) is 18.6. The third-order valence-electron chi connectivity index (χ3n) is 4.66. The topological polar surface area (TPSA) is 115 Å². The summed E-state index contributed by atoms with van der Waals surface area (Å²) in [5.74, 6) is -0.466. The maximum atomic E-state index is 13.0. The number of nitro benzene ring substituents is 1. The predicted molar refractivity (Wildman–Crippen MR) is 107 cm³/mol. The Morgan fingerprint density at radius 2 is 1.86 bits per heavy atom. The summed E-state index contributed by atoms with van der Waals surface area (Å²) in [7, 11) is 0. The predicted octanol–water partition coefficient (Wildman–Crippen LogP) is 2.79. The molecule has 9 nitrogen and oxygen atoms in total. The second-order valence-electron chi connectivity index (χ2n) is 6.52. The summed E-state index contributed by atoms with van der Waals surface area (Å²) in [5, 5.41) is 14.6. The second-order valence-corrected chi connectivity index (χ2v) is 6.52. The average molecular weight is 395 g/mol. The summed E-state index contributed by atoms with van der Waals surface area (Å²) in [6, 6.07) is 12.0. The Labute approximate surface area is 164 Å². The number of morpholine rings is 1. The van der Waals surface area contributed by atoms with Crippen LogP contribution in [0.1, 0.15) is 10.4 Å². The number of amides is 1. The van der Waals surface area contributed by atoms with E-state index < -0.39 is 16.5 Å². The van der Waals surface area contributed by atoms with Crippen LogP contribution in [0.15, 0.2) is 57.7 Å². The number of anilines is 2. The first-order valence-corrected chi connectivity index (χ1v) is 8.98. The molecule has 3 aromatic rings. The number of non-ortho nitro benzene ring substituents is 1. The van der Waals surface area contributed by atoms with Gasteiger partial charge < -0.3 is 19.4 Å². The lowest BCUT2D eigenvalue weighted by molar-refractivity contribution is -0.384. The Hall–Kier alpha value is -3.72. The van der Waals surface area contributed by atoms with Gasteiger partial charge in [0, 0.05) is 42.4 Å². The van der Waals surface area contributed by atoms with E-state index in [1.807, 2.05) is 4.90 Å². The molecule has 0 radical (unpaired) electrons. The van der Waals surface area contributed by atoms with Crippen molar-refractivity contribution in [1.82, 2.24) is 0 Å². The number of benzene rings is 2. The van der Waals surface area contributed by atoms with Crippen molar-refractivity contribution in [2.75, 3.05) is 36.5 Å². The maximum Gasteiger partial charge on any atom is 0.336 e. The van der Waals surface area contributed by atoms with Crippen molar-refractivity contribution in [1.29, 1.82) is 0 Å². The van der Waals surface area contributed by atoms with E-state index in [-0.39, 0.29) is 11.3 Å². The smallest absolute Gasteiger partial charge is 0.336 e. The molecule has 0 spiro atoms. The van der Waals surface area contributed by atoms with Gasteiger partial charge in [-0.05, 0) is 30.3 Å². The van der Waals surface area contributed by atoms with Gasteiger partial charge in [-0.3, -0.25) is 14.9 Å². The van der Waals surface area contributed by atoms with Crippen molar-refractivity contribution >= 4 is 33.9 Å². The normalized spacial score (nSPS) is 14.0. The van der Waals surface area contributed by atoms with Crippen LogP contribution in [-0.2, 0) is 4.74 Å². The van der Waals surface area contributed by atoms with E-state index in [0.29, 0.717) is 48.6 Å². The van der Waals surface area contributed by atoms with E-state index >= 15 is 0 Å². The number of ether oxygens (including phenoxy) is 1. The number of rotatable bonds is 4. The molecule has 1 aromatic heterocycles. The SMILES string of the molecule is O=C(Nc1ccc2oc(=O)ccc2c1)c1cc([N+](=O)[O-])ccc1N1CCOCC1. The molecule has 0 saturated carbocycles. The number of hydrogen-bond donors (Lipinski definition) is 1. The minimum Gasteiger partial charge on any atom is -0.423 e. The van der Waals surface area contributed by atoms with E-state index in [1.165, 1.54) is 18.2 Å². The van der Waals surface area contributed by atoms with Gasteiger partial charge in [0.2, 0.25) is 0 Å². The molecule has 0 atom stereocenters. The second kappa shape index (κ2) is 7.72. The van der Waals surface area contributed by atoms with Crippen LogP contribution in [0, 0.1) is 10.1 Å². The average Bonchev–Trinajstić information content (AvgIpc) is 2.74. The van der Waals surface area contributed by atoms with Crippen LogP contribution in [0.2, 0.25) is 0 Å². The van der Waals surface area contributed by atoms with E-state index in [9.17, 15) is 19.7 Å². The first-order chi connectivity index (χ1) is 14.0. The maximum absolute atomic E-state index is 13.0. The summed E-state index contributed by atoms with van der Waals surface area (Å²) >= 11 is 0. The largest absolute Gasteiger partial charge is 0.423 e. The zero-order chi connectivity index (χ0) is 20.4. The fourth-order valence-corrected chi connectivity index (χ4v) is 3.25. The molecule has 2 aromatic carbocycles. The molecule has 2 heterocycles. The van der Waals surface area contributed by atoms with Crippen LogP contribution in [0.25, 0.3) is 11.0 Å². The van der Waals surface area contributed by atoms with Crippen molar-refractivity contribution in [2.24, 2.45) is 0 Å². The molecule has 4 rings (SSSR count). The molecule has 1 amide bonds. The van der Waals surface area contributed by atoms with Crippen LogP contribution in [0.4, 0.5) is 17.1 Å². The Morgan fingerprint density at radius 3 is 2.62 bits per heavy atom. The number of hydrogen-bond acceptors (Lipinski definition) is 7. The number of carbonyl (C=O) groups is 1. The number of carbonyl (C=O) groups excluding carboxylic acids is 1. The van der Waals surface area contributed by atoms with Crippen molar-refractivity contribution in [2.45, 2.75) is 0 Å². The van der Waals surface area contributed by atoms with Gasteiger partial charge in [-0.1, -0.05) is 0 Å². The zero-order valence-electron chi connectivity index (χ0n) is 15.3. The molecule has 1 saturated heterocycles. The monoisotopic (exact) mass is 395 g/mol. The molecular weight excluding hydrogens is 378 g/mol. The summed E-state index contributed by atoms with van der Waals surface area (Å²) < 4.78 is 10.4. The van der Waals surface area contributed by atoms with E-state index in [0.717, 1.165) is 0 Å². The lowest BCUT2D eigenvalue weighted by atomic mass is 10.1. The van der Waals surface area contributed by atoms with Crippen molar-refractivity contribution in [3.8, 4) is 0 Å². The number of fused-ring (bicyclic) bond motifs is 1. The number of nitro groups is 1. The highest BCUT2D eigenvalue weighted by Crippen LogP contribution is 2.28. The Bertz CT molecular complexity index is 1150. The van der Waals surface area contributed by atoms with Gasteiger partial charge in [-0.2, -0.15) is 0 Å². The Morgan fingerprint density at radius 1 is 1.07 bits per heavy atom. The Balaban J connectivity index is 1.67. The van der Waals surface area contributed by atoms with Gasteiger partial charge in [-0.15, -0.1) is 0 Å². The molecule has 0 bridgehead atoms. The molecule has 1 fully saturated rings. The van der Waals surface area contributed by atoms with Gasteiger partial charge in [0.25, 0.3) is 11.6 Å². The van der Waals surface area contributed by atoms with Gasteiger partial charge in [-0.25, -0.2) is 4.79 Å². The third-order valence-corrected chi connectivity index (χ3v) is 4.66. The highest BCUT2D eigenvalue weighted by Gasteiger charge is 2.22. The minimum atomic E-state index is -0.530. The molecule has 1 aliphatic heterocycles. The highest BCUT2D eigenvalue weighted by atomic mass is 16.6. The van der Waals surface area contributed by atoms with Crippen LogP contribution in [0.3, 0.4) is 0 Å². The zero-order valence-corrected chi connectivity index (χ0v) is 15.3. The summed E-state index contributed by atoms with van der Waals surface area (Å²) in [4.78, 5) is 36.9. The minimum absolute atomic E-state index is 0.160. The standard InChI is InChI=1S/C20H17N3O6/c24-19-6-1-13-11-14(2-5-18(13)29-19)21-20(25)16-12-15(23(26)27)3-4-17(16)22-7-9-28-10-8-22/h1-6,11-12H,7-10H2,(H,21,25). The molecule has 1 N–H and O–H groups in total. The van der Waals surface area contributed by atoms with Gasteiger partial charge in [0.05, 0.1) is 29.4 Å². The molecular formula is C20H17N3O6. The summed E-state index contributed by atoms with van der Waals surface area (Å²) in [6.07, 6.45) is 0. The quantitative estimate of drug-likeness (QED) is 0.410. The van der Waals surface area contributed by atoms with Crippen molar-refractivity contribution in [3.05, 3.63) is 74.6 Å². The van der Waals surface area contributed by atoms with Crippen molar-refractivity contribution in [3.63, 3.8) is 0 Å². The molecule has 1 aliphatic rings. The first-order valence-electron chi connectivity index (χ1n) is 8.98. The Kier molecular flexibility index (Phi) is 4.96. The van der Waals surface area contributed by atoms with Gasteiger partial charge in [0.1, 0.15) is 5.58 Å². The molecule has 148 valence electrons. The molecule has 0 aliphatic carbocycles. The number of nitrogens with one attached hydrogen (secondary N) is 1. The lowest BCUT2D eigenvalue weighted by Gasteiger charge is -2.30. The summed E-state index contributed by atoms with van der Waals surface area (Å²) in [6.45, 7) is 2.22. The third kappa shape index (κ3) is 3.94. The van der Waals surface area contributed by atoms with Crippen LogP contribution in [-0.4, -0.2) is 37.1 Å². The lowest BCUT2D eigenvalue weighted by Crippen LogP contribution is -2.37. The van der Waals surface area contributed by atoms with Crippen LogP contribution < -0.4 is 15.8 Å². The number of nitrogens with zero attached hydrogens (tertiary/aromatic N) is 2. The molecule has 29 heavy (non-hydrogen) atoms. The molecule has 0 unspecified atom stereocenters. The van der Waals surface area contributed by atoms with Gasteiger partial charge >= 0.3 is 5.63 Å². The van der Waals surface area contributed by atoms with Crippen LogP contribution >= 0.6 is 0 Å². The summed E-state index contributed by atoms with van der Waals surface area (Å²) in [5.41, 5.74) is 1.09. The van der Waals surface area contributed by atoms with Crippen LogP contribution in [0.5, 0.6) is 0 Å². The van der Waals surface area contributed by atoms with Crippen molar-refractivity contribution < 1.29 is 18.9 Å². The van der Waals surface area contributed by atoms with E-state index in [4.69, 9.17) is 9.15 Å². The van der Waals surface area contributed by atoms with E-state index in [1.54, 1.807) is 30.3 Å². The highest BCUT2D eigenvalue weighted by molar-refractivity contribution is 6.09. The fraction of sp³-hybridized carbons (Fsp3) is 0.200. The molecule has 9 heteroatoms. The van der Waals surface area contributed by atoms with E-state index in [2.05, 4.69) is 5.32 Å². The van der Waals surface area contributed by atoms with Gasteiger partial charge in [0.15, 0.2) is 0 Å².